The first kappa shape index (κ1) is 22.7. The van der Waals surface area contributed by atoms with E-state index in [1.165, 1.54) is 11.1 Å². The van der Waals surface area contributed by atoms with Gasteiger partial charge in [-0.3, -0.25) is 14.6 Å². The third-order valence-corrected chi connectivity index (χ3v) is 6.49. The molecule has 1 saturated heterocycles. The van der Waals surface area contributed by atoms with E-state index in [2.05, 4.69) is 60.4 Å². The SMILES string of the molecule is Cc1ccc(-c2ccc(C[C@]3(C(=O)N(C)C)CCCN(C(=O)c4ccccn4)C3)cc2)cc1. The lowest BCUT2D eigenvalue weighted by atomic mass is 9.73. The maximum Gasteiger partial charge on any atom is 0.272 e. The number of hydrogen-bond acceptors (Lipinski definition) is 3. The standard InChI is InChI=1S/C28H31N3O2/c1-21-8-12-23(13-9-21)24-14-10-22(11-15-24)19-28(27(33)30(2)3)16-6-18-31(20-28)26(32)25-7-4-5-17-29-25/h4-5,7-15,17H,6,16,18-20H2,1-3H3/t28-/m1/s1. The fourth-order valence-electron chi connectivity index (χ4n) is 4.78. The van der Waals surface area contributed by atoms with Gasteiger partial charge in [-0.05, 0) is 55.0 Å². The van der Waals surface area contributed by atoms with E-state index < -0.39 is 5.41 Å². The number of pyridine rings is 1. The quantitative estimate of drug-likeness (QED) is 0.581. The third-order valence-electron chi connectivity index (χ3n) is 6.49. The summed E-state index contributed by atoms with van der Waals surface area (Å²) in [4.78, 5) is 34.2. The van der Waals surface area contributed by atoms with Crippen molar-refractivity contribution in [1.29, 1.82) is 0 Å². The number of rotatable bonds is 5. The van der Waals surface area contributed by atoms with Crippen LogP contribution in [0.3, 0.4) is 0 Å². The van der Waals surface area contributed by atoms with Crippen LogP contribution in [0.1, 0.15) is 34.5 Å². The Morgan fingerprint density at radius 3 is 2.24 bits per heavy atom. The number of hydrogen-bond donors (Lipinski definition) is 0. The normalized spacial score (nSPS) is 18.1. The Labute approximate surface area is 196 Å². The molecule has 0 unspecified atom stereocenters. The van der Waals surface area contributed by atoms with Crippen LogP contribution in [-0.4, -0.2) is 53.8 Å². The molecule has 1 aromatic heterocycles. The Kier molecular flexibility index (Phi) is 6.59. The van der Waals surface area contributed by atoms with Gasteiger partial charge in [-0.25, -0.2) is 0 Å². The van der Waals surface area contributed by atoms with E-state index in [0.29, 0.717) is 25.2 Å². The van der Waals surface area contributed by atoms with Crippen molar-refractivity contribution >= 4 is 11.8 Å². The van der Waals surface area contributed by atoms with Crippen molar-refractivity contribution in [3.63, 3.8) is 0 Å². The smallest absolute Gasteiger partial charge is 0.272 e. The van der Waals surface area contributed by atoms with E-state index in [9.17, 15) is 9.59 Å². The molecule has 1 aliphatic rings. The molecule has 2 aromatic carbocycles. The van der Waals surface area contributed by atoms with Crippen molar-refractivity contribution in [3.8, 4) is 11.1 Å². The molecule has 1 atom stereocenters. The molecule has 0 aliphatic carbocycles. The number of amides is 2. The zero-order valence-electron chi connectivity index (χ0n) is 19.6. The number of likely N-dealkylation sites (tertiary alicyclic amines) is 1. The monoisotopic (exact) mass is 441 g/mol. The summed E-state index contributed by atoms with van der Waals surface area (Å²) >= 11 is 0. The molecule has 0 radical (unpaired) electrons. The first-order chi connectivity index (χ1) is 15.9. The van der Waals surface area contributed by atoms with Crippen LogP contribution in [0.25, 0.3) is 11.1 Å². The van der Waals surface area contributed by atoms with E-state index in [1.54, 1.807) is 42.2 Å². The number of benzene rings is 2. The van der Waals surface area contributed by atoms with Gasteiger partial charge in [0.1, 0.15) is 5.69 Å². The molecule has 5 nitrogen and oxygen atoms in total. The highest BCUT2D eigenvalue weighted by atomic mass is 16.2. The largest absolute Gasteiger partial charge is 0.348 e. The van der Waals surface area contributed by atoms with E-state index in [4.69, 9.17) is 0 Å². The first-order valence-electron chi connectivity index (χ1n) is 11.5. The van der Waals surface area contributed by atoms with Crippen LogP contribution in [0.15, 0.2) is 72.9 Å². The average Bonchev–Trinajstić information content (AvgIpc) is 2.85. The Morgan fingerprint density at radius 2 is 1.64 bits per heavy atom. The van der Waals surface area contributed by atoms with Gasteiger partial charge >= 0.3 is 0 Å². The van der Waals surface area contributed by atoms with E-state index in [1.807, 2.05) is 6.07 Å². The highest BCUT2D eigenvalue weighted by Gasteiger charge is 2.44. The van der Waals surface area contributed by atoms with Gasteiger partial charge < -0.3 is 9.80 Å². The molecule has 5 heteroatoms. The first-order valence-corrected chi connectivity index (χ1v) is 11.5. The molecular formula is C28H31N3O2. The number of piperidine rings is 1. The zero-order valence-corrected chi connectivity index (χ0v) is 19.6. The summed E-state index contributed by atoms with van der Waals surface area (Å²) in [6, 6.07) is 22.3. The average molecular weight is 442 g/mol. The molecule has 4 rings (SSSR count). The molecule has 2 heterocycles. The number of aryl methyl sites for hydroxylation is 1. The highest BCUT2D eigenvalue weighted by molar-refractivity contribution is 5.93. The number of carbonyl (C=O) groups excluding carboxylic acids is 2. The summed E-state index contributed by atoms with van der Waals surface area (Å²) in [6.45, 7) is 3.13. The maximum atomic E-state index is 13.4. The minimum absolute atomic E-state index is 0.0728. The highest BCUT2D eigenvalue weighted by Crippen LogP contribution is 2.36. The zero-order chi connectivity index (χ0) is 23.4. The van der Waals surface area contributed by atoms with E-state index in [0.717, 1.165) is 24.0 Å². The Morgan fingerprint density at radius 1 is 0.970 bits per heavy atom. The topological polar surface area (TPSA) is 53.5 Å². The van der Waals surface area contributed by atoms with Gasteiger partial charge in [0.05, 0.1) is 5.41 Å². The molecule has 3 aromatic rings. The molecule has 33 heavy (non-hydrogen) atoms. The maximum absolute atomic E-state index is 13.4. The molecule has 0 spiro atoms. The minimum Gasteiger partial charge on any atom is -0.348 e. The fourth-order valence-corrected chi connectivity index (χ4v) is 4.78. The lowest BCUT2D eigenvalue weighted by Gasteiger charge is -2.43. The van der Waals surface area contributed by atoms with Gasteiger partial charge in [-0.15, -0.1) is 0 Å². The second kappa shape index (κ2) is 9.57. The molecule has 1 aliphatic heterocycles. The summed E-state index contributed by atoms with van der Waals surface area (Å²) in [5.41, 5.74) is 4.46. The summed E-state index contributed by atoms with van der Waals surface area (Å²) in [7, 11) is 3.59. The lowest BCUT2D eigenvalue weighted by Crippen LogP contribution is -2.54. The molecule has 1 fully saturated rings. The van der Waals surface area contributed by atoms with Gasteiger partial charge in [-0.1, -0.05) is 60.2 Å². The predicted octanol–water partition coefficient (Wildman–Crippen LogP) is 4.61. The van der Waals surface area contributed by atoms with Crippen molar-refractivity contribution in [3.05, 3.63) is 89.7 Å². The van der Waals surface area contributed by atoms with Crippen LogP contribution < -0.4 is 0 Å². The molecule has 0 saturated carbocycles. The molecule has 170 valence electrons. The van der Waals surface area contributed by atoms with Crippen molar-refractivity contribution in [2.24, 2.45) is 5.41 Å². The number of nitrogens with zero attached hydrogens (tertiary/aromatic N) is 3. The van der Waals surface area contributed by atoms with Crippen molar-refractivity contribution in [2.45, 2.75) is 26.2 Å². The second-order valence-corrected chi connectivity index (χ2v) is 9.26. The molecule has 0 N–H and O–H groups in total. The van der Waals surface area contributed by atoms with E-state index in [-0.39, 0.29) is 11.8 Å². The second-order valence-electron chi connectivity index (χ2n) is 9.26. The van der Waals surface area contributed by atoms with E-state index >= 15 is 0 Å². The van der Waals surface area contributed by atoms with Crippen molar-refractivity contribution in [2.75, 3.05) is 27.2 Å². The lowest BCUT2D eigenvalue weighted by molar-refractivity contribution is -0.142. The van der Waals surface area contributed by atoms with Crippen molar-refractivity contribution in [1.82, 2.24) is 14.8 Å². The van der Waals surface area contributed by atoms with Gasteiger partial charge in [0.25, 0.3) is 5.91 Å². The molecular weight excluding hydrogens is 410 g/mol. The van der Waals surface area contributed by atoms with Crippen molar-refractivity contribution < 1.29 is 9.59 Å². The summed E-state index contributed by atoms with van der Waals surface area (Å²) < 4.78 is 0. The van der Waals surface area contributed by atoms with Gasteiger partial charge in [0.15, 0.2) is 0 Å². The number of carbonyl (C=O) groups is 2. The van der Waals surface area contributed by atoms with Gasteiger partial charge in [0.2, 0.25) is 5.91 Å². The third kappa shape index (κ3) is 4.98. The summed E-state index contributed by atoms with van der Waals surface area (Å²) in [5, 5.41) is 0. The van der Waals surface area contributed by atoms with Crippen LogP contribution in [-0.2, 0) is 11.2 Å². The van der Waals surface area contributed by atoms with Crippen LogP contribution in [0.2, 0.25) is 0 Å². The fraction of sp³-hybridized carbons (Fsp3) is 0.321. The van der Waals surface area contributed by atoms with Crippen LogP contribution in [0, 0.1) is 12.3 Å². The number of aromatic nitrogens is 1. The van der Waals surface area contributed by atoms with Crippen LogP contribution in [0.5, 0.6) is 0 Å². The summed E-state index contributed by atoms with van der Waals surface area (Å²) in [5.74, 6) is -0.0374. The Balaban J connectivity index is 1.58. The Hall–Kier alpha value is -3.47. The van der Waals surface area contributed by atoms with Crippen LogP contribution >= 0.6 is 0 Å². The minimum atomic E-state index is -0.641. The molecule has 0 bridgehead atoms. The predicted molar refractivity (Wildman–Crippen MR) is 131 cm³/mol. The van der Waals surface area contributed by atoms with Gasteiger partial charge in [-0.2, -0.15) is 0 Å². The Bertz CT molecular complexity index is 1110. The molecule has 2 amide bonds. The summed E-state index contributed by atoms with van der Waals surface area (Å²) in [6.07, 6.45) is 3.78. The van der Waals surface area contributed by atoms with Crippen LogP contribution in [0.4, 0.5) is 0 Å². The van der Waals surface area contributed by atoms with Gasteiger partial charge in [0, 0.05) is 33.4 Å².